The molecule has 13 heteroatoms. The predicted molar refractivity (Wildman–Crippen MR) is 170 cm³/mol. The Balaban J connectivity index is 6.71. The number of hydrogen-bond acceptors (Lipinski definition) is 13. The van der Waals surface area contributed by atoms with Gasteiger partial charge >= 0.3 is 35.8 Å². The van der Waals surface area contributed by atoms with Gasteiger partial charge in [0.25, 0.3) is 0 Å². The predicted octanol–water partition coefficient (Wildman–Crippen LogP) is 3.77. The van der Waals surface area contributed by atoms with Gasteiger partial charge in [0, 0.05) is 27.9 Å². The van der Waals surface area contributed by atoms with Crippen LogP contribution in [0.4, 0.5) is 0 Å². The van der Waals surface area contributed by atoms with E-state index in [4.69, 9.17) is 33.2 Å². The van der Waals surface area contributed by atoms with E-state index in [1.165, 1.54) is 34.6 Å². The van der Waals surface area contributed by atoms with E-state index in [1.54, 1.807) is 13.8 Å². The summed E-state index contributed by atoms with van der Waals surface area (Å²) in [5, 5.41) is 0. The number of carbonyl (C=O) groups excluding carboxylic acids is 6. The fourth-order valence-corrected chi connectivity index (χ4v) is 3.08. The molecule has 0 radical (unpaired) electrons. The molecule has 0 fully saturated rings. The van der Waals surface area contributed by atoms with Crippen LogP contribution in [0, 0.1) is 16.7 Å². The summed E-state index contributed by atoms with van der Waals surface area (Å²) in [6.45, 7) is 24.5. The minimum Gasteiger partial charge on any atom is -0.465 e. The normalized spacial score (nSPS) is 11.1. The number of carbonyl (C=O) groups is 6. The summed E-state index contributed by atoms with van der Waals surface area (Å²) in [6.07, 6.45) is 0. The Morgan fingerprint density at radius 3 is 0.830 bits per heavy atom. The minimum atomic E-state index is -1.51. The summed E-state index contributed by atoms with van der Waals surface area (Å²) in [5.74, 6) is -4.98. The highest BCUT2D eigenvalue weighted by Gasteiger charge is 2.41. The summed E-state index contributed by atoms with van der Waals surface area (Å²) >= 11 is 0. The van der Waals surface area contributed by atoms with E-state index in [9.17, 15) is 28.8 Å². The molecule has 0 unspecified atom stereocenters. The van der Waals surface area contributed by atoms with Crippen molar-refractivity contribution in [2.45, 2.75) is 48.5 Å². The molecule has 47 heavy (non-hydrogen) atoms. The number of ether oxygens (including phenoxy) is 7. The second kappa shape index (κ2) is 19.9. The van der Waals surface area contributed by atoms with Crippen molar-refractivity contribution in [3.05, 3.63) is 60.8 Å². The third-order valence-electron chi connectivity index (χ3n) is 6.10. The molecular weight excluding hydrogens is 616 g/mol. The van der Waals surface area contributed by atoms with Crippen LogP contribution in [-0.4, -0.2) is 88.7 Å². The quantitative estimate of drug-likeness (QED) is 0.0933. The van der Waals surface area contributed by atoms with Crippen molar-refractivity contribution in [1.29, 1.82) is 0 Å². The molecule has 0 saturated carbocycles. The van der Waals surface area contributed by atoms with Gasteiger partial charge in [-0.3, -0.25) is 4.79 Å². The molecule has 262 valence electrons. The number of hydrogen-bond donors (Lipinski definition) is 0. The molecular formula is C34H48O13. The van der Waals surface area contributed by atoms with Crippen molar-refractivity contribution in [1.82, 2.24) is 0 Å². The van der Waals surface area contributed by atoms with Gasteiger partial charge in [0.15, 0.2) is 0 Å². The fraction of sp³-hybridized carbons (Fsp3) is 0.529. The van der Waals surface area contributed by atoms with Crippen molar-refractivity contribution in [3.8, 4) is 0 Å². The van der Waals surface area contributed by atoms with Crippen LogP contribution in [0.15, 0.2) is 60.8 Å². The van der Waals surface area contributed by atoms with Gasteiger partial charge in [-0.15, -0.1) is 0 Å². The Bertz CT molecular complexity index is 1150. The standard InChI is InChI=1S/C34H48O13/c1-21(2)27(35)42-15-33(16-43-28(36)22(3)4,17-44-29(37)23(5)6)13-41-14-34(18-45-30(38)24(7)8,19-46-31(39)25(9)10)20-47-32(40)26(11)12/h26H,1,3,5,7,9,13-20H2,2,4,6,8,10-12H3. The van der Waals surface area contributed by atoms with Gasteiger partial charge in [0.05, 0.1) is 30.0 Å². The molecule has 0 saturated heterocycles. The van der Waals surface area contributed by atoms with Crippen LogP contribution in [0.25, 0.3) is 0 Å². The zero-order chi connectivity index (χ0) is 36.5. The molecule has 0 aliphatic rings. The summed E-state index contributed by atoms with van der Waals surface area (Å²) < 4.78 is 38.5. The first-order valence-electron chi connectivity index (χ1n) is 14.5. The lowest BCUT2D eigenvalue weighted by atomic mass is 9.90. The minimum absolute atomic E-state index is 0.0716. The van der Waals surface area contributed by atoms with Crippen molar-refractivity contribution in [3.63, 3.8) is 0 Å². The highest BCUT2D eigenvalue weighted by Crippen LogP contribution is 2.27. The van der Waals surface area contributed by atoms with Crippen molar-refractivity contribution < 1.29 is 61.9 Å². The van der Waals surface area contributed by atoms with E-state index in [-0.39, 0.29) is 27.9 Å². The van der Waals surface area contributed by atoms with E-state index < -0.39 is 105 Å². The molecule has 0 aromatic carbocycles. The summed E-state index contributed by atoms with van der Waals surface area (Å²) in [6, 6.07) is 0. The second-order valence-electron chi connectivity index (χ2n) is 12.0. The van der Waals surface area contributed by atoms with Crippen molar-refractivity contribution >= 4 is 35.8 Å². The SMILES string of the molecule is C=C(C)C(=O)OCC(COCC(COC(=O)C(=C)C)(COC(=O)C(=C)C)COC(=O)C(C)C)(COC(=O)C(=C)C)COC(=O)C(=C)C. The monoisotopic (exact) mass is 664 g/mol. The van der Waals surface area contributed by atoms with Gasteiger partial charge < -0.3 is 33.2 Å². The zero-order valence-corrected chi connectivity index (χ0v) is 28.6. The Hall–Kier alpha value is -4.52. The third-order valence-corrected chi connectivity index (χ3v) is 6.10. The Morgan fingerprint density at radius 1 is 0.426 bits per heavy atom. The van der Waals surface area contributed by atoms with Gasteiger partial charge in [-0.05, 0) is 34.6 Å². The van der Waals surface area contributed by atoms with E-state index >= 15 is 0 Å². The largest absolute Gasteiger partial charge is 0.465 e. The van der Waals surface area contributed by atoms with E-state index in [1.807, 2.05) is 0 Å². The molecule has 0 amide bonds. The molecule has 0 rings (SSSR count). The van der Waals surface area contributed by atoms with Gasteiger partial charge in [0.2, 0.25) is 0 Å². The van der Waals surface area contributed by atoms with Crippen LogP contribution in [0.3, 0.4) is 0 Å². The van der Waals surface area contributed by atoms with Crippen LogP contribution in [0.1, 0.15) is 48.5 Å². The smallest absolute Gasteiger partial charge is 0.333 e. The van der Waals surface area contributed by atoms with Gasteiger partial charge in [-0.1, -0.05) is 46.7 Å². The van der Waals surface area contributed by atoms with Gasteiger partial charge in [0.1, 0.15) is 39.6 Å². The van der Waals surface area contributed by atoms with E-state index in [0.29, 0.717) is 0 Å². The Kier molecular flexibility index (Phi) is 18.0. The lowest BCUT2D eigenvalue weighted by Crippen LogP contribution is -2.47. The maximum Gasteiger partial charge on any atom is 0.333 e. The summed E-state index contributed by atoms with van der Waals surface area (Å²) in [4.78, 5) is 74.3. The maximum absolute atomic E-state index is 12.5. The molecule has 0 aliphatic heterocycles. The van der Waals surface area contributed by atoms with Crippen molar-refractivity contribution in [2.24, 2.45) is 16.7 Å². The van der Waals surface area contributed by atoms with Crippen molar-refractivity contribution in [2.75, 3.05) is 52.9 Å². The molecule has 0 atom stereocenters. The highest BCUT2D eigenvalue weighted by atomic mass is 16.6. The molecule has 0 aromatic rings. The van der Waals surface area contributed by atoms with Gasteiger partial charge in [-0.2, -0.15) is 0 Å². The summed E-state index contributed by atoms with van der Waals surface area (Å²) in [5.41, 5.74) is -2.62. The van der Waals surface area contributed by atoms with E-state index in [0.717, 1.165) is 0 Å². The first-order valence-corrected chi connectivity index (χ1v) is 14.5. The fourth-order valence-electron chi connectivity index (χ4n) is 3.08. The topological polar surface area (TPSA) is 167 Å². The molecule has 0 aliphatic carbocycles. The van der Waals surface area contributed by atoms with Crippen LogP contribution < -0.4 is 0 Å². The summed E-state index contributed by atoms with van der Waals surface area (Å²) in [7, 11) is 0. The van der Waals surface area contributed by atoms with Crippen LogP contribution in [-0.2, 0) is 61.9 Å². The molecule has 0 N–H and O–H groups in total. The maximum atomic E-state index is 12.5. The van der Waals surface area contributed by atoms with Crippen LogP contribution in [0.5, 0.6) is 0 Å². The Morgan fingerprint density at radius 2 is 0.638 bits per heavy atom. The van der Waals surface area contributed by atoms with Gasteiger partial charge in [-0.25, -0.2) is 24.0 Å². The number of rotatable bonds is 22. The molecule has 0 heterocycles. The zero-order valence-electron chi connectivity index (χ0n) is 28.6. The Labute approximate surface area is 276 Å². The highest BCUT2D eigenvalue weighted by molar-refractivity contribution is 5.88. The lowest BCUT2D eigenvalue weighted by molar-refractivity contribution is -0.172. The first kappa shape index (κ1) is 42.5. The first-order chi connectivity index (χ1) is 21.7. The average molecular weight is 665 g/mol. The third kappa shape index (κ3) is 16.0. The molecule has 13 nitrogen and oxygen atoms in total. The average Bonchev–Trinajstić information content (AvgIpc) is 3.00. The van der Waals surface area contributed by atoms with E-state index in [2.05, 4.69) is 32.9 Å². The number of esters is 6. The van der Waals surface area contributed by atoms with Crippen LogP contribution in [0.2, 0.25) is 0 Å². The lowest BCUT2D eigenvalue weighted by Gasteiger charge is -2.35. The molecule has 0 bridgehead atoms. The molecule has 0 spiro atoms. The van der Waals surface area contributed by atoms with Crippen LogP contribution >= 0.6 is 0 Å². The molecule has 0 aromatic heterocycles. The second-order valence-corrected chi connectivity index (χ2v) is 12.0.